The maximum absolute atomic E-state index is 14.9. The van der Waals surface area contributed by atoms with Gasteiger partial charge in [-0.15, -0.1) is 0 Å². The Morgan fingerprint density at radius 3 is 2.40 bits per heavy atom. The smallest absolute Gasteiger partial charge is 0.410 e. The number of hydrogen-bond acceptors (Lipinski definition) is 8. The van der Waals surface area contributed by atoms with Crippen LogP contribution in [0.3, 0.4) is 0 Å². The average Bonchev–Trinajstić information content (AvgIpc) is 3.56. The number of hydrogen-bond donors (Lipinski definition) is 2. The maximum atomic E-state index is 14.9. The number of piperazine rings is 1. The number of benzene rings is 2. The lowest BCUT2D eigenvalue weighted by molar-refractivity contribution is -0.916. The fraction of sp³-hybridized carbons (Fsp3) is 0.462. The number of nitrogens with one attached hydrogen (secondary N) is 2. The Bertz CT molecular complexity index is 2100. The van der Waals surface area contributed by atoms with Crippen molar-refractivity contribution in [3.63, 3.8) is 0 Å². The molecule has 4 aromatic rings. The molecule has 2 aliphatic rings. The van der Waals surface area contributed by atoms with Gasteiger partial charge in [0, 0.05) is 61.2 Å². The Labute approximate surface area is 345 Å². The lowest BCUT2D eigenvalue weighted by atomic mass is 9.98. The second kappa shape index (κ2) is 17.8. The van der Waals surface area contributed by atoms with Crippen molar-refractivity contribution in [2.24, 2.45) is 5.92 Å². The van der Waals surface area contributed by atoms with Crippen LogP contribution >= 0.6 is 0 Å². The van der Waals surface area contributed by atoms with Crippen molar-refractivity contribution in [1.82, 2.24) is 29.5 Å². The Hall–Kier alpha value is -4.72. The molecule has 2 aromatic heterocycles. The van der Waals surface area contributed by atoms with E-state index in [1.807, 2.05) is 32.6 Å². The van der Waals surface area contributed by atoms with Gasteiger partial charge in [-0.25, -0.2) is 19.2 Å². The number of quaternary nitrogens is 1. The molecule has 57 heavy (non-hydrogen) atoms. The summed E-state index contributed by atoms with van der Waals surface area (Å²) in [5.41, 5.74) is 1.50. The third kappa shape index (κ3) is 10.2. The summed E-state index contributed by atoms with van der Waals surface area (Å²) in [4.78, 5) is 50.9. The van der Waals surface area contributed by atoms with Gasteiger partial charge in [0.05, 0.1) is 51.7 Å². The second-order valence-electron chi connectivity index (χ2n) is 15.5. The van der Waals surface area contributed by atoms with E-state index in [0.717, 1.165) is 41.8 Å². The van der Waals surface area contributed by atoms with Gasteiger partial charge in [0.1, 0.15) is 5.60 Å². The molecule has 3 amide bonds. The minimum atomic E-state index is -3.31. The number of aryl methyl sites for hydroxylation is 1. The van der Waals surface area contributed by atoms with Crippen molar-refractivity contribution in [3.8, 4) is 17.0 Å². The summed E-state index contributed by atoms with van der Waals surface area (Å²) in [6.45, 7) is 9.56. The third-order valence-electron chi connectivity index (χ3n) is 10.1. The molecular formula is C39H47F4IN8O5. The Morgan fingerprint density at radius 1 is 1.02 bits per heavy atom. The van der Waals surface area contributed by atoms with Gasteiger partial charge in [0.25, 0.3) is 5.91 Å². The highest BCUT2D eigenvalue weighted by Gasteiger charge is 2.40. The van der Waals surface area contributed by atoms with Crippen LogP contribution in [0.5, 0.6) is 5.75 Å². The van der Waals surface area contributed by atoms with Crippen LogP contribution in [0.25, 0.3) is 16.9 Å². The van der Waals surface area contributed by atoms with Crippen molar-refractivity contribution in [2.45, 2.75) is 52.7 Å². The number of alkyl halides is 2. The highest BCUT2D eigenvalue weighted by Crippen LogP contribution is 2.33. The van der Waals surface area contributed by atoms with Gasteiger partial charge in [-0.1, -0.05) is 6.92 Å². The van der Waals surface area contributed by atoms with Crippen molar-refractivity contribution >= 4 is 35.1 Å². The first-order chi connectivity index (χ1) is 26.5. The molecule has 2 aliphatic heterocycles. The van der Waals surface area contributed by atoms with E-state index in [0.29, 0.717) is 55.6 Å². The summed E-state index contributed by atoms with van der Waals surface area (Å²) in [5.74, 6) is -3.45. The van der Waals surface area contributed by atoms with E-state index in [9.17, 15) is 31.9 Å². The molecule has 2 N–H and O–H groups in total. The zero-order valence-electron chi connectivity index (χ0n) is 32.5. The van der Waals surface area contributed by atoms with Gasteiger partial charge >= 0.3 is 12.7 Å². The van der Waals surface area contributed by atoms with E-state index in [4.69, 9.17) is 4.74 Å². The number of carbonyl (C=O) groups excluding carboxylic acids is 3. The van der Waals surface area contributed by atoms with Gasteiger partial charge in [0.15, 0.2) is 23.0 Å². The van der Waals surface area contributed by atoms with E-state index in [1.54, 1.807) is 23.1 Å². The highest BCUT2D eigenvalue weighted by atomic mass is 127. The van der Waals surface area contributed by atoms with Crippen molar-refractivity contribution in [1.29, 1.82) is 0 Å². The molecule has 2 aromatic carbocycles. The number of rotatable bonds is 12. The first-order valence-corrected chi connectivity index (χ1v) is 18.6. The monoisotopic (exact) mass is 910 g/mol. The highest BCUT2D eigenvalue weighted by molar-refractivity contribution is 5.96. The van der Waals surface area contributed by atoms with Crippen molar-refractivity contribution < 1.29 is 69.9 Å². The topological polar surface area (TPSA) is 130 Å². The van der Waals surface area contributed by atoms with Crippen LogP contribution < -0.4 is 39.3 Å². The van der Waals surface area contributed by atoms with Gasteiger partial charge in [-0.05, 0) is 63.1 Å². The summed E-state index contributed by atoms with van der Waals surface area (Å²) in [6, 6.07) is 7.23. The number of fused-ring (bicyclic) bond motifs is 1. The molecule has 0 aliphatic carbocycles. The number of likely N-dealkylation sites (tertiary alicyclic amines) is 1. The predicted octanol–water partition coefficient (Wildman–Crippen LogP) is 2.86. The molecular weight excluding hydrogens is 863 g/mol. The van der Waals surface area contributed by atoms with E-state index in [1.165, 1.54) is 23.0 Å². The molecule has 4 heterocycles. The molecule has 13 nitrogen and oxygen atoms in total. The molecule has 0 radical (unpaired) electrons. The van der Waals surface area contributed by atoms with Crippen LogP contribution in [0.4, 0.5) is 33.9 Å². The summed E-state index contributed by atoms with van der Waals surface area (Å²) < 4.78 is 66.5. The molecule has 308 valence electrons. The molecule has 0 unspecified atom stereocenters. The lowest BCUT2D eigenvalue weighted by Gasteiger charge is -2.47. The molecule has 2 fully saturated rings. The van der Waals surface area contributed by atoms with Crippen LogP contribution in [-0.2, 0) is 16.0 Å². The van der Waals surface area contributed by atoms with Crippen LogP contribution in [0.2, 0.25) is 0 Å². The van der Waals surface area contributed by atoms with E-state index in [2.05, 4.69) is 32.4 Å². The second-order valence-corrected chi connectivity index (χ2v) is 15.5. The minimum absolute atomic E-state index is 0. The van der Waals surface area contributed by atoms with E-state index >= 15 is 0 Å². The maximum Gasteiger partial charge on any atom is 0.410 e. The average molecular weight is 911 g/mol. The van der Waals surface area contributed by atoms with Crippen LogP contribution in [0.1, 0.15) is 50.0 Å². The summed E-state index contributed by atoms with van der Waals surface area (Å²) in [7, 11) is 2.20. The zero-order valence-corrected chi connectivity index (χ0v) is 34.6. The fourth-order valence-corrected chi connectivity index (χ4v) is 7.15. The Balaban J connectivity index is 0.00000620. The third-order valence-corrected chi connectivity index (χ3v) is 10.1. The molecule has 0 bridgehead atoms. The first kappa shape index (κ1) is 43.4. The van der Waals surface area contributed by atoms with E-state index in [-0.39, 0.29) is 71.8 Å². The number of likely N-dealkylation sites (N-methyl/N-ethyl adjacent to an activating group) is 1. The van der Waals surface area contributed by atoms with Crippen molar-refractivity contribution in [3.05, 3.63) is 71.7 Å². The van der Waals surface area contributed by atoms with Gasteiger partial charge in [-0.2, -0.15) is 13.2 Å². The lowest BCUT2D eigenvalue weighted by Crippen LogP contribution is -3.00. The standard InChI is InChI=1S/C39H46F4N8O5.HI/c1-6-25-19-26(47-34-35-46-20-29(50(35)14-13-44-34)28-9-10-30(55-37(42)43)33(41)32(28)40)7-8-27(25)36(53)45-12-11-31(52)48-15-17-51(5,18-16-48)23-24-21-49(22-24)38(54)56-39(2,3)4;/h7-10,13-14,19-20,24,37H,6,11-12,15-18,21-23H2,1-5H3,(H-,44,45,47,53);1H. The number of anilines is 2. The Morgan fingerprint density at radius 2 is 1.74 bits per heavy atom. The molecule has 0 spiro atoms. The van der Waals surface area contributed by atoms with Crippen LogP contribution in [0, 0.1) is 17.6 Å². The first-order valence-electron chi connectivity index (χ1n) is 18.6. The van der Waals surface area contributed by atoms with Gasteiger partial charge < -0.3 is 58.4 Å². The molecule has 0 saturated carbocycles. The number of aromatic nitrogens is 3. The zero-order chi connectivity index (χ0) is 40.4. The summed E-state index contributed by atoms with van der Waals surface area (Å²) >= 11 is 0. The molecule has 0 atom stereocenters. The summed E-state index contributed by atoms with van der Waals surface area (Å²) in [6.07, 6.45) is 4.68. The SMILES string of the molecule is CCc1cc(Nc2nccn3c(-c4ccc(OC(F)F)c(F)c4F)cnc23)ccc1C(=O)NCCC(=O)N1CC[N+](C)(CC2CN(C(=O)OC(C)(C)C)C2)CC1.[I-]. The van der Waals surface area contributed by atoms with Crippen LogP contribution in [-0.4, -0.2) is 118 Å². The molecule has 18 heteroatoms. The molecule has 2 saturated heterocycles. The minimum Gasteiger partial charge on any atom is -1.00 e. The summed E-state index contributed by atoms with van der Waals surface area (Å²) in [5, 5.41) is 6.05. The predicted molar refractivity (Wildman–Crippen MR) is 200 cm³/mol. The molecule has 6 rings (SSSR count). The number of amides is 3. The van der Waals surface area contributed by atoms with Gasteiger partial charge in [-0.3, -0.25) is 14.0 Å². The number of nitrogens with zero attached hydrogens (tertiary/aromatic N) is 6. The number of ether oxygens (including phenoxy) is 2. The largest absolute Gasteiger partial charge is 1.00 e. The van der Waals surface area contributed by atoms with Crippen molar-refractivity contribution in [2.75, 3.05) is 64.7 Å². The van der Waals surface area contributed by atoms with E-state index < -0.39 is 29.6 Å². The number of halogens is 5. The normalized spacial score (nSPS) is 15.5. The fourth-order valence-electron chi connectivity index (χ4n) is 7.15. The Kier molecular flexibility index (Phi) is 13.6. The van der Waals surface area contributed by atoms with Gasteiger partial charge in [0.2, 0.25) is 11.7 Å². The number of carbonyl (C=O) groups is 3. The van der Waals surface area contributed by atoms with Crippen LogP contribution in [0.15, 0.2) is 48.9 Å². The quantitative estimate of drug-likeness (QED) is 0.126. The number of imidazole rings is 1.